The van der Waals surface area contributed by atoms with Crippen LogP contribution in [0.1, 0.15) is 40.0 Å². The first-order valence-electron chi connectivity index (χ1n) is 6.71. The summed E-state index contributed by atoms with van der Waals surface area (Å²) in [6.07, 6.45) is -0.874. The van der Waals surface area contributed by atoms with Gasteiger partial charge in [0.2, 0.25) is 0 Å². The molecule has 0 aliphatic rings. The van der Waals surface area contributed by atoms with Gasteiger partial charge in [0.1, 0.15) is 5.54 Å². The Kier molecular flexibility index (Phi) is 8.09. The second kappa shape index (κ2) is 8.43. The zero-order chi connectivity index (χ0) is 15.1. The summed E-state index contributed by atoms with van der Waals surface area (Å²) in [7, 11) is 1.62. The molecule has 1 atom stereocenters. The monoisotopic (exact) mass is 280 g/mol. The summed E-state index contributed by atoms with van der Waals surface area (Å²) in [5.41, 5.74) is -0.958. The van der Waals surface area contributed by atoms with Gasteiger partial charge in [-0.05, 0) is 46.7 Å². The fraction of sp³-hybridized carbons (Fsp3) is 0.923. The summed E-state index contributed by atoms with van der Waals surface area (Å²) in [6.45, 7) is 5.82. The van der Waals surface area contributed by atoms with Crippen LogP contribution in [0.5, 0.6) is 0 Å². The number of carboxylic acid groups (broad SMARTS) is 1. The van der Waals surface area contributed by atoms with Gasteiger partial charge in [-0.1, -0.05) is 6.92 Å². The van der Waals surface area contributed by atoms with Crippen molar-refractivity contribution in [3.63, 3.8) is 0 Å². The molecule has 0 spiro atoms. The molecule has 0 fully saturated rings. The highest BCUT2D eigenvalue weighted by Gasteiger charge is 2.36. The van der Waals surface area contributed by atoms with E-state index in [1.54, 1.807) is 7.05 Å². The van der Waals surface area contributed by atoms with Crippen LogP contribution in [-0.4, -0.2) is 54.1 Å². The van der Waals surface area contributed by atoms with E-state index in [0.717, 1.165) is 0 Å². The minimum Gasteiger partial charge on any atom is -0.480 e. The van der Waals surface area contributed by atoms with Crippen LogP contribution < -0.4 is 5.32 Å². The smallest absolute Gasteiger partial charge is 0.323 e. The van der Waals surface area contributed by atoms with Gasteiger partial charge < -0.3 is 10.0 Å². The number of carboxylic acids is 1. The van der Waals surface area contributed by atoms with Crippen LogP contribution >= 0.6 is 0 Å². The minimum absolute atomic E-state index is 0.0647. The van der Waals surface area contributed by atoms with E-state index in [0.29, 0.717) is 25.8 Å². The summed E-state index contributed by atoms with van der Waals surface area (Å²) >= 11 is 0. The first-order valence-corrected chi connectivity index (χ1v) is 6.71. The molecule has 0 aromatic carbocycles. The van der Waals surface area contributed by atoms with Gasteiger partial charge in [-0.15, -0.1) is 0 Å². The zero-order valence-corrected chi connectivity index (χ0v) is 12.2. The van der Waals surface area contributed by atoms with E-state index in [-0.39, 0.29) is 12.6 Å². The molecular formula is C13H26F2N2O2. The van der Waals surface area contributed by atoms with Crippen molar-refractivity contribution in [1.29, 1.82) is 0 Å². The highest BCUT2D eigenvalue weighted by molar-refractivity contribution is 5.78. The van der Waals surface area contributed by atoms with E-state index >= 15 is 0 Å². The normalized spacial score (nSPS) is 15.2. The highest BCUT2D eigenvalue weighted by Crippen LogP contribution is 2.19. The van der Waals surface area contributed by atoms with Gasteiger partial charge in [-0.25, -0.2) is 8.78 Å². The molecule has 0 bridgehead atoms. The van der Waals surface area contributed by atoms with Crippen molar-refractivity contribution in [2.45, 2.75) is 58.0 Å². The quantitative estimate of drug-likeness (QED) is 0.644. The van der Waals surface area contributed by atoms with Gasteiger partial charge in [0.15, 0.2) is 0 Å². The second-order valence-electron chi connectivity index (χ2n) is 5.30. The van der Waals surface area contributed by atoms with Crippen LogP contribution in [0.15, 0.2) is 0 Å². The third kappa shape index (κ3) is 6.82. The molecule has 1 unspecified atom stereocenters. The molecule has 19 heavy (non-hydrogen) atoms. The summed E-state index contributed by atoms with van der Waals surface area (Å²) < 4.78 is 24.3. The number of rotatable bonds is 10. The van der Waals surface area contributed by atoms with E-state index in [1.807, 2.05) is 20.8 Å². The van der Waals surface area contributed by atoms with E-state index < -0.39 is 17.9 Å². The van der Waals surface area contributed by atoms with E-state index in [9.17, 15) is 18.7 Å². The fourth-order valence-electron chi connectivity index (χ4n) is 2.20. The molecule has 0 rings (SSSR count). The van der Waals surface area contributed by atoms with Gasteiger partial charge in [-0.2, -0.15) is 0 Å². The van der Waals surface area contributed by atoms with Crippen molar-refractivity contribution in [2.75, 3.05) is 20.1 Å². The van der Waals surface area contributed by atoms with Crippen LogP contribution in [0, 0.1) is 0 Å². The number of nitrogens with one attached hydrogen (secondary N) is 1. The Morgan fingerprint density at radius 2 is 2.00 bits per heavy atom. The Morgan fingerprint density at radius 1 is 1.42 bits per heavy atom. The van der Waals surface area contributed by atoms with Gasteiger partial charge in [-0.3, -0.25) is 10.1 Å². The first kappa shape index (κ1) is 18.2. The molecule has 0 aliphatic heterocycles. The van der Waals surface area contributed by atoms with Crippen molar-refractivity contribution >= 4 is 5.97 Å². The SMILES string of the molecule is CCC(CCCN(C)CC(F)F)(NC(C)C)C(=O)O. The summed E-state index contributed by atoms with van der Waals surface area (Å²) in [6, 6.07) is 0.0647. The number of aliphatic carboxylic acids is 1. The van der Waals surface area contributed by atoms with E-state index in [1.165, 1.54) is 4.90 Å². The summed E-state index contributed by atoms with van der Waals surface area (Å²) in [4.78, 5) is 13.0. The highest BCUT2D eigenvalue weighted by atomic mass is 19.3. The minimum atomic E-state index is -2.35. The summed E-state index contributed by atoms with van der Waals surface area (Å²) in [5, 5.41) is 12.5. The third-order valence-corrected chi connectivity index (χ3v) is 3.17. The number of hydrogen-bond acceptors (Lipinski definition) is 3. The van der Waals surface area contributed by atoms with Crippen LogP contribution in [0.3, 0.4) is 0 Å². The van der Waals surface area contributed by atoms with Gasteiger partial charge >= 0.3 is 5.97 Å². The van der Waals surface area contributed by atoms with Gasteiger partial charge in [0.25, 0.3) is 6.43 Å². The van der Waals surface area contributed by atoms with Crippen LogP contribution in [0.25, 0.3) is 0 Å². The molecule has 0 saturated heterocycles. The third-order valence-electron chi connectivity index (χ3n) is 3.17. The molecule has 0 aromatic heterocycles. The number of nitrogens with zero attached hydrogens (tertiary/aromatic N) is 1. The topological polar surface area (TPSA) is 52.6 Å². The average Bonchev–Trinajstić information content (AvgIpc) is 2.25. The first-order chi connectivity index (χ1) is 8.73. The molecule has 2 N–H and O–H groups in total. The van der Waals surface area contributed by atoms with Crippen molar-refractivity contribution in [3.05, 3.63) is 0 Å². The molecule has 0 saturated carbocycles. The molecule has 0 radical (unpaired) electrons. The molecule has 4 nitrogen and oxygen atoms in total. The standard InChI is InChI=1S/C13H26F2N2O2/c1-5-13(12(18)19,16-10(2)3)7-6-8-17(4)9-11(14)15/h10-11,16H,5-9H2,1-4H3,(H,18,19). The Morgan fingerprint density at radius 3 is 2.37 bits per heavy atom. The molecule has 0 aliphatic carbocycles. The number of carbonyl (C=O) groups is 1. The Bertz CT molecular complexity index is 275. The van der Waals surface area contributed by atoms with Crippen molar-refractivity contribution in [1.82, 2.24) is 10.2 Å². The number of halogens is 2. The predicted octanol–water partition coefficient (Wildman–Crippen LogP) is 2.19. The lowest BCUT2D eigenvalue weighted by Gasteiger charge is -2.32. The molecule has 0 aromatic rings. The molecule has 6 heteroatoms. The predicted molar refractivity (Wildman–Crippen MR) is 71.7 cm³/mol. The van der Waals surface area contributed by atoms with Crippen LogP contribution in [-0.2, 0) is 4.79 Å². The maximum atomic E-state index is 12.2. The number of hydrogen-bond donors (Lipinski definition) is 2. The molecule has 0 heterocycles. The Hall–Kier alpha value is -0.750. The maximum Gasteiger partial charge on any atom is 0.323 e. The molecule has 0 amide bonds. The van der Waals surface area contributed by atoms with Crippen molar-refractivity contribution in [2.24, 2.45) is 0 Å². The Labute approximate surface area is 114 Å². The maximum absolute atomic E-state index is 12.2. The van der Waals surface area contributed by atoms with Gasteiger partial charge in [0.05, 0.1) is 6.54 Å². The van der Waals surface area contributed by atoms with Crippen molar-refractivity contribution in [3.8, 4) is 0 Å². The van der Waals surface area contributed by atoms with Crippen molar-refractivity contribution < 1.29 is 18.7 Å². The average molecular weight is 280 g/mol. The van der Waals surface area contributed by atoms with Gasteiger partial charge in [0, 0.05) is 6.04 Å². The lowest BCUT2D eigenvalue weighted by atomic mass is 9.89. The molecular weight excluding hydrogens is 254 g/mol. The second-order valence-corrected chi connectivity index (χ2v) is 5.30. The summed E-state index contributed by atoms with van der Waals surface area (Å²) in [5.74, 6) is -0.875. The lowest BCUT2D eigenvalue weighted by Crippen LogP contribution is -2.54. The Balaban J connectivity index is 4.38. The lowest BCUT2D eigenvalue weighted by molar-refractivity contribution is -0.146. The zero-order valence-electron chi connectivity index (χ0n) is 12.2. The molecule has 114 valence electrons. The fourth-order valence-corrected chi connectivity index (χ4v) is 2.20. The largest absolute Gasteiger partial charge is 0.480 e. The van der Waals surface area contributed by atoms with Crippen LogP contribution in [0.2, 0.25) is 0 Å². The van der Waals surface area contributed by atoms with Crippen LogP contribution in [0.4, 0.5) is 8.78 Å². The van der Waals surface area contributed by atoms with E-state index in [4.69, 9.17) is 0 Å². The van der Waals surface area contributed by atoms with E-state index in [2.05, 4.69) is 5.32 Å². The number of alkyl halides is 2.